The van der Waals surface area contributed by atoms with E-state index in [1.54, 1.807) is 21.0 Å². The molecule has 0 aliphatic carbocycles. The Morgan fingerprint density at radius 2 is 1.20 bits per heavy atom. The fraction of sp³-hybridized carbons (Fsp3) is 0.364. The molecule has 4 rings (SSSR count). The second-order valence-corrected chi connectivity index (χ2v) is 10.8. The van der Waals surface area contributed by atoms with Gasteiger partial charge in [-0.25, -0.2) is 4.79 Å². The average molecular weight is 542 g/mol. The molecule has 1 aliphatic rings. The lowest BCUT2D eigenvalue weighted by atomic mass is 9.76. The van der Waals surface area contributed by atoms with Crippen molar-refractivity contribution in [3.63, 3.8) is 0 Å². The SMILES string of the molecule is COC(=O)[C@H](C(C)C)N(C)C(=O)[C@@H](C)N(C)C(=O)[C@H]1CN1C(c1ccccc1)(c1ccccc1)c1ccccc1. The lowest BCUT2D eigenvalue weighted by molar-refractivity contribution is -0.156. The zero-order chi connectivity index (χ0) is 29.0. The van der Waals surface area contributed by atoms with Crippen molar-refractivity contribution in [3.8, 4) is 0 Å². The number of hydrogen-bond acceptors (Lipinski definition) is 5. The molecule has 2 amide bonds. The highest BCUT2D eigenvalue weighted by Gasteiger charge is 2.57. The van der Waals surface area contributed by atoms with E-state index in [2.05, 4.69) is 41.3 Å². The van der Waals surface area contributed by atoms with E-state index in [9.17, 15) is 14.4 Å². The Kier molecular flexibility index (Phi) is 8.74. The molecule has 4 atom stereocenters. The van der Waals surface area contributed by atoms with Gasteiger partial charge in [0, 0.05) is 20.6 Å². The molecule has 1 unspecified atom stereocenters. The Hall–Kier alpha value is -3.97. The van der Waals surface area contributed by atoms with E-state index in [1.807, 2.05) is 68.4 Å². The van der Waals surface area contributed by atoms with Crippen molar-refractivity contribution >= 4 is 17.8 Å². The lowest BCUT2D eigenvalue weighted by Crippen LogP contribution is -2.54. The number of amides is 2. The van der Waals surface area contributed by atoms with Crippen molar-refractivity contribution in [2.24, 2.45) is 5.92 Å². The van der Waals surface area contributed by atoms with Crippen LogP contribution in [0.3, 0.4) is 0 Å². The van der Waals surface area contributed by atoms with Crippen LogP contribution in [0.4, 0.5) is 0 Å². The number of hydrogen-bond donors (Lipinski definition) is 0. The third-order valence-corrected chi connectivity index (χ3v) is 8.03. The summed E-state index contributed by atoms with van der Waals surface area (Å²) in [5.74, 6) is -1.07. The first-order valence-corrected chi connectivity index (χ1v) is 13.7. The fourth-order valence-electron chi connectivity index (χ4n) is 5.78. The highest BCUT2D eigenvalue weighted by molar-refractivity contribution is 5.93. The molecule has 1 aliphatic heterocycles. The van der Waals surface area contributed by atoms with Crippen LogP contribution in [0.5, 0.6) is 0 Å². The number of likely N-dealkylation sites (N-methyl/N-ethyl adjacent to an activating group) is 2. The smallest absolute Gasteiger partial charge is 0.328 e. The van der Waals surface area contributed by atoms with Gasteiger partial charge in [-0.05, 0) is 29.5 Å². The summed E-state index contributed by atoms with van der Waals surface area (Å²) in [4.78, 5) is 44.9. The zero-order valence-corrected chi connectivity index (χ0v) is 24.2. The summed E-state index contributed by atoms with van der Waals surface area (Å²) in [5.41, 5.74) is 2.49. The van der Waals surface area contributed by atoms with Crippen molar-refractivity contribution in [1.29, 1.82) is 0 Å². The van der Waals surface area contributed by atoms with Crippen LogP contribution in [-0.2, 0) is 24.7 Å². The molecular weight excluding hydrogens is 502 g/mol. The van der Waals surface area contributed by atoms with Crippen LogP contribution in [0.1, 0.15) is 37.5 Å². The van der Waals surface area contributed by atoms with E-state index in [0.717, 1.165) is 16.7 Å². The van der Waals surface area contributed by atoms with Crippen LogP contribution < -0.4 is 0 Å². The van der Waals surface area contributed by atoms with Crippen LogP contribution in [0.2, 0.25) is 0 Å². The van der Waals surface area contributed by atoms with Gasteiger partial charge >= 0.3 is 5.97 Å². The first kappa shape index (κ1) is 29.0. The molecule has 0 N–H and O–H groups in total. The predicted molar refractivity (Wildman–Crippen MR) is 155 cm³/mol. The minimum Gasteiger partial charge on any atom is -0.467 e. The van der Waals surface area contributed by atoms with Crippen LogP contribution >= 0.6 is 0 Å². The quantitative estimate of drug-likeness (QED) is 0.219. The highest BCUT2D eigenvalue weighted by Crippen LogP contribution is 2.48. The topological polar surface area (TPSA) is 69.9 Å². The summed E-state index contributed by atoms with van der Waals surface area (Å²) in [5, 5.41) is 0. The minimum absolute atomic E-state index is 0.138. The molecule has 1 fully saturated rings. The van der Waals surface area contributed by atoms with Crippen molar-refractivity contribution < 1.29 is 19.1 Å². The molecule has 0 saturated carbocycles. The van der Waals surface area contributed by atoms with E-state index < -0.39 is 29.6 Å². The molecule has 3 aromatic rings. The van der Waals surface area contributed by atoms with Gasteiger partial charge in [-0.2, -0.15) is 0 Å². The van der Waals surface area contributed by atoms with Gasteiger partial charge in [-0.3, -0.25) is 14.5 Å². The maximum Gasteiger partial charge on any atom is 0.328 e. The summed E-state index contributed by atoms with van der Waals surface area (Å²) < 4.78 is 4.94. The fourth-order valence-corrected chi connectivity index (χ4v) is 5.78. The minimum atomic E-state index is -0.759. The third-order valence-electron chi connectivity index (χ3n) is 8.03. The number of carbonyl (C=O) groups excluding carboxylic acids is 3. The Bertz CT molecular complexity index is 1220. The van der Waals surface area contributed by atoms with E-state index in [-0.39, 0.29) is 17.7 Å². The molecule has 3 aromatic carbocycles. The second-order valence-electron chi connectivity index (χ2n) is 10.8. The van der Waals surface area contributed by atoms with Gasteiger partial charge < -0.3 is 14.5 Å². The summed E-state index contributed by atoms with van der Waals surface area (Å²) in [6, 6.07) is 28.8. The van der Waals surface area contributed by atoms with E-state index in [1.165, 1.54) is 16.9 Å². The standard InChI is InChI=1S/C33H39N3O4/c1-23(2)29(32(39)40-6)35(5)30(37)24(3)34(4)31(38)28-22-36(28)33(25-16-10-7-11-17-25,26-18-12-8-13-19-26)27-20-14-9-15-21-27/h7-21,23-24,28-29H,22H2,1-6H3/t24-,28-,29+,36?/m1/s1. The molecule has 7 heteroatoms. The van der Waals surface area contributed by atoms with E-state index in [0.29, 0.717) is 6.54 Å². The molecule has 0 aromatic heterocycles. The number of methoxy groups -OCH3 is 1. The molecule has 1 saturated heterocycles. The van der Waals surface area contributed by atoms with Gasteiger partial charge in [0.25, 0.3) is 0 Å². The van der Waals surface area contributed by atoms with Crippen molar-refractivity contribution in [2.45, 2.75) is 44.4 Å². The normalized spacial score (nSPS) is 18.0. The van der Waals surface area contributed by atoms with Crippen molar-refractivity contribution in [2.75, 3.05) is 27.7 Å². The van der Waals surface area contributed by atoms with Gasteiger partial charge in [0.15, 0.2) is 0 Å². The van der Waals surface area contributed by atoms with Crippen LogP contribution in [-0.4, -0.2) is 78.4 Å². The van der Waals surface area contributed by atoms with Gasteiger partial charge in [0.05, 0.1) is 12.6 Å². The highest BCUT2D eigenvalue weighted by atomic mass is 16.5. The molecule has 1 heterocycles. The molecular formula is C33H39N3O4. The lowest BCUT2D eigenvalue weighted by Gasteiger charge is -2.38. The number of benzene rings is 3. The number of carbonyl (C=O) groups is 3. The average Bonchev–Trinajstić information content (AvgIpc) is 3.78. The first-order valence-electron chi connectivity index (χ1n) is 13.7. The predicted octanol–water partition coefficient (Wildman–Crippen LogP) is 4.17. The number of ether oxygens (including phenoxy) is 1. The van der Waals surface area contributed by atoms with Crippen LogP contribution in [0.25, 0.3) is 0 Å². The number of rotatable bonds is 10. The molecule has 0 bridgehead atoms. The summed E-state index contributed by atoms with van der Waals surface area (Å²) in [6.07, 6.45) is 0. The molecule has 40 heavy (non-hydrogen) atoms. The van der Waals surface area contributed by atoms with Crippen molar-refractivity contribution in [1.82, 2.24) is 14.7 Å². The largest absolute Gasteiger partial charge is 0.467 e. The second kappa shape index (κ2) is 12.0. The number of nitrogens with zero attached hydrogens (tertiary/aromatic N) is 3. The summed E-state index contributed by atoms with van der Waals surface area (Å²) >= 11 is 0. The number of esters is 1. The summed E-state index contributed by atoms with van der Waals surface area (Å²) in [6.45, 7) is 5.97. The Morgan fingerprint density at radius 1 is 0.775 bits per heavy atom. The Balaban J connectivity index is 1.67. The van der Waals surface area contributed by atoms with Crippen LogP contribution in [0, 0.1) is 5.92 Å². The van der Waals surface area contributed by atoms with Crippen LogP contribution in [0.15, 0.2) is 91.0 Å². The molecule has 0 radical (unpaired) electrons. The molecule has 0 spiro atoms. The summed E-state index contributed by atoms with van der Waals surface area (Å²) in [7, 11) is 4.57. The maximum atomic E-state index is 13.9. The Morgan fingerprint density at radius 3 is 1.57 bits per heavy atom. The van der Waals surface area contributed by atoms with Gasteiger partial charge in [0.1, 0.15) is 18.1 Å². The monoisotopic (exact) mass is 541 g/mol. The van der Waals surface area contributed by atoms with Gasteiger partial charge in [0.2, 0.25) is 11.8 Å². The van der Waals surface area contributed by atoms with Gasteiger partial charge in [-0.1, -0.05) is 105 Å². The van der Waals surface area contributed by atoms with Crippen molar-refractivity contribution in [3.05, 3.63) is 108 Å². The van der Waals surface area contributed by atoms with E-state index >= 15 is 0 Å². The zero-order valence-electron chi connectivity index (χ0n) is 24.2. The maximum absolute atomic E-state index is 13.9. The molecule has 7 nitrogen and oxygen atoms in total. The first-order chi connectivity index (χ1) is 19.2. The van der Waals surface area contributed by atoms with E-state index in [4.69, 9.17) is 4.74 Å². The molecule has 210 valence electrons. The Labute approximate surface area is 237 Å². The third kappa shape index (κ3) is 5.26. The van der Waals surface area contributed by atoms with Gasteiger partial charge in [-0.15, -0.1) is 0 Å².